The number of rotatable bonds is 10. The van der Waals surface area contributed by atoms with Crippen LogP contribution in [0.4, 0.5) is 23.0 Å². The summed E-state index contributed by atoms with van der Waals surface area (Å²) < 4.78 is 5.64. The number of dihydropyridines is 1. The van der Waals surface area contributed by atoms with Gasteiger partial charge in [0.05, 0.1) is 24.2 Å². The van der Waals surface area contributed by atoms with Gasteiger partial charge in [0.25, 0.3) is 0 Å². The number of amides is 1. The van der Waals surface area contributed by atoms with E-state index in [0.29, 0.717) is 28.9 Å². The van der Waals surface area contributed by atoms with Gasteiger partial charge in [0.1, 0.15) is 18.2 Å². The van der Waals surface area contributed by atoms with Gasteiger partial charge in [0, 0.05) is 44.5 Å². The Morgan fingerprint density at radius 2 is 2.20 bits per heavy atom. The minimum absolute atomic E-state index is 0.0661. The Morgan fingerprint density at radius 1 is 1.34 bits per heavy atom. The Kier molecular flexibility index (Phi) is 7.55. The van der Waals surface area contributed by atoms with Crippen molar-refractivity contribution in [2.75, 3.05) is 56.4 Å². The lowest BCUT2D eigenvalue weighted by Gasteiger charge is -2.24. The van der Waals surface area contributed by atoms with E-state index in [1.165, 1.54) is 18.0 Å². The lowest BCUT2D eigenvalue weighted by molar-refractivity contribution is -0.111. The molecule has 2 aromatic rings. The van der Waals surface area contributed by atoms with Crippen LogP contribution in [0.3, 0.4) is 0 Å². The van der Waals surface area contributed by atoms with E-state index in [9.17, 15) is 4.79 Å². The fraction of sp³-hybridized carbons (Fsp3) is 0.304. The number of anilines is 4. The molecule has 6 N–H and O–H groups in total. The standard InChI is InChI=1S/C23H30N10O2/c1-5-20(34)29-16-9-17(19(35-4)10-18(16)33(3)7-6-24-2)30-23-27-13-26-21(31-23)14-8-15-12-28-32-22(15)25-11-14/h5,8-11,13,22,24-25,28,32H,1,6-7,12H2,2-4H3,(H,29,34)(H,26,27,30,31). The van der Waals surface area contributed by atoms with Crippen molar-refractivity contribution < 1.29 is 9.53 Å². The average Bonchev–Trinajstić information content (AvgIpc) is 3.35. The van der Waals surface area contributed by atoms with Crippen molar-refractivity contribution in [3.63, 3.8) is 0 Å². The summed E-state index contributed by atoms with van der Waals surface area (Å²) in [6.07, 6.45) is 6.66. The molecule has 4 rings (SSSR count). The number of carbonyl (C=O) groups excluding carboxylic acids is 1. The van der Waals surface area contributed by atoms with Gasteiger partial charge in [-0.3, -0.25) is 10.2 Å². The number of carbonyl (C=O) groups is 1. The Hall–Kier alpha value is -4.00. The normalized spacial score (nSPS) is 16.4. The minimum atomic E-state index is -0.314. The lowest BCUT2D eigenvalue weighted by Crippen LogP contribution is -2.40. The molecule has 35 heavy (non-hydrogen) atoms. The van der Waals surface area contributed by atoms with Crippen molar-refractivity contribution in [2.45, 2.75) is 6.17 Å². The molecule has 1 atom stereocenters. The molecular weight excluding hydrogens is 448 g/mol. The van der Waals surface area contributed by atoms with Crippen molar-refractivity contribution >= 4 is 34.5 Å². The number of methoxy groups -OCH3 is 1. The first-order chi connectivity index (χ1) is 17.0. The van der Waals surface area contributed by atoms with Crippen LogP contribution in [0.1, 0.15) is 5.82 Å². The van der Waals surface area contributed by atoms with E-state index < -0.39 is 0 Å². The molecule has 0 aliphatic carbocycles. The summed E-state index contributed by atoms with van der Waals surface area (Å²) in [7, 11) is 5.42. The highest BCUT2D eigenvalue weighted by atomic mass is 16.5. The molecule has 1 amide bonds. The summed E-state index contributed by atoms with van der Waals surface area (Å²) in [4.78, 5) is 27.3. The molecule has 1 fully saturated rings. The molecule has 12 heteroatoms. The second kappa shape index (κ2) is 11.0. The zero-order chi connectivity index (χ0) is 24.8. The SMILES string of the molecule is C=CC(=O)Nc1cc(Nc2ncnc(C3=CNC4NNCC4=C3)n2)c(OC)cc1N(C)CCNC. The van der Waals surface area contributed by atoms with Crippen molar-refractivity contribution in [1.82, 2.24) is 36.4 Å². The van der Waals surface area contributed by atoms with Gasteiger partial charge in [-0.05, 0) is 30.8 Å². The van der Waals surface area contributed by atoms with Crippen LogP contribution in [-0.4, -0.2) is 67.9 Å². The fourth-order valence-electron chi connectivity index (χ4n) is 3.73. The maximum atomic E-state index is 12.1. The maximum Gasteiger partial charge on any atom is 0.247 e. The lowest BCUT2D eigenvalue weighted by atomic mass is 10.1. The van der Waals surface area contributed by atoms with E-state index in [4.69, 9.17) is 4.74 Å². The molecule has 184 valence electrons. The number of ether oxygens (including phenoxy) is 1. The molecule has 0 spiro atoms. The summed E-state index contributed by atoms with van der Waals surface area (Å²) >= 11 is 0. The van der Waals surface area contributed by atoms with Crippen LogP contribution in [0.5, 0.6) is 5.75 Å². The number of hydrazine groups is 1. The minimum Gasteiger partial charge on any atom is -0.494 e. The van der Waals surface area contributed by atoms with E-state index >= 15 is 0 Å². The summed E-state index contributed by atoms with van der Waals surface area (Å²) in [6, 6.07) is 3.65. The highest BCUT2D eigenvalue weighted by Gasteiger charge is 2.23. The molecule has 0 saturated carbocycles. The predicted molar refractivity (Wildman–Crippen MR) is 136 cm³/mol. The van der Waals surface area contributed by atoms with Gasteiger partial charge in [0.15, 0.2) is 5.82 Å². The Balaban J connectivity index is 1.63. The molecule has 1 saturated heterocycles. The van der Waals surface area contributed by atoms with E-state index in [2.05, 4.69) is 53.6 Å². The molecule has 12 nitrogen and oxygen atoms in total. The third kappa shape index (κ3) is 5.57. The summed E-state index contributed by atoms with van der Waals surface area (Å²) in [5.41, 5.74) is 10.2. The van der Waals surface area contributed by atoms with Gasteiger partial charge >= 0.3 is 0 Å². The molecule has 0 bridgehead atoms. The molecule has 0 radical (unpaired) electrons. The van der Waals surface area contributed by atoms with Crippen molar-refractivity contribution in [3.05, 3.63) is 54.8 Å². The Morgan fingerprint density at radius 3 is 2.97 bits per heavy atom. The van der Waals surface area contributed by atoms with E-state index in [0.717, 1.165) is 30.9 Å². The van der Waals surface area contributed by atoms with Crippen LogP contribution >= 0.6 is 0 Å². The number of nitrogens with one attached hydrogen (secondary N) is 6. The highest BCUT2D eigenvalue weighted by molar-refractivity contribution is 6.02. The largest absolute Gasteiger partial charge is 0.494 e. The first-order valence-electron chi connectivity index (χ1n) is 11.1. The third-order valence-corrected chi connectivity index (χ3v) is 5.60. The second-order valence-corrected chi connectivity index (χ2v) is 7.96. The third-order valence-electron chi connectivity index (χ3n) is 5.60. The van der Waals surface area contributed by atoms with Crippen LogP contribution in [0.2, 0.25) is 0 Å². The first-order valence-corrected chi connectivity index (χ1v) is 11.1. The van der Waals surface area contributed by atoms with Crippen molar-refractivity contribution in [3.8, 4) is 5.75 Å². The number of hydrogen-bond acceptors (Lipinski definition) is 11. The molecule has 1 aromatic carbocycles. The Labute approximate surface area is 203 Å². The van der Waals surface area contributed by atoms with Crippen LogP contribution in [0.25, 0.3) is 5.57 Å². The quantitative estimate of drug-likeness (QED) is 0.269. The number of aromatic nitrogens is 3. The number of fused-ring (bicyclic) bond motifs is 1. The Bertz CT molecular complexity index is 1160. The summed E-state index contributed by atoms with van der Waals surface area (Å²) in [5, 5.41) is 12.5. The topological polar surface area (TPSA) is 140 Å². The zero-order valence-corrected chi connectivity index (χ0v) is 20.0. The molecule has 2 aliphatic rings. The van der Waals surface area contributed by atoms with E-state index in [1.54, 1.807) is 13.2 Å². The van der Waals surface area contributed by atoms with Gasteiger partial charge in [-0.1, -0.05) is 6.58 Å². The smallest absolute Gasteiger partial charge is 0.247 e. The fourth-order valence-corrected chi connectivity index (χ4v) is 3.73. The van der Waals surface area contributed by atoms with Crippen LogP contribution in [-0.2, 0) is 4.79 Å². The molecule has 3 heterocycles. The van der Waals surface area contributed by atoms with Gasteiger partial charge < -0.3 is 30.9 Å². The van der Waals surface area contributed by atoms with Crippen LogP contribution in [0, 0.1) is 0 Å². The highest BCUT2D eigenvalue weighted by Crippen LogP contribution is 2.37. The molecule has 1 aromatic heterocycles. The molecular formula is C23H30N10O2. The predicted octanol–water partition coefficient (Wildman–Crippen LogP) is 0.708. The van der Waals surface area contributed by atoms with Gasteiger partial charge in [-0.25, -0.2) is 15.4 Å². The molecule has 2 aliphatic heterocycles. The second-order valence-electron chi connectivity index (χ2n) is 7.96. The number of likely N-dealkylation sites (N-methyl/N-ethyl adjacent to an activating group) is 2. The maximum absolute atomic E-state index is 12.1. The van der Waals surface area contributed by atoms with Crippen LogP contribution < -0.4 is 41.8 Å². The number of benzene rings is 1. The van der Waals surface area contributed by atoms with Gasteiger partial charge in [-0.2, -0.15) is 4.98 Å². The van der Waals surface area contributed by atoms with E-state index in [1.807, 2.05) is 37.3 Å². The van der Waals surface area contributed by atoms with Gasteiger partial charge in [-0.15, -0.1) is 0 Å². The van der Waals surface area contributed by atoms with Crippen molar-refractivity contribution in [1.29, 1.82) is 0 Å². The zero-order valence-electron chi connectivity index (χ0n) is 20.0. The number of hydrogen-bond donors (Lipinski definition) is 6. The summed E-state index contributed by atoms with van der Waals surface area (Å²) in [6.45, 7) is 5.79. The summed E-state index contributed by atoms with van der Waals surface area (Å²) in [5.74, 6) is 1.12. The first kappa shape index (κ1) is 24.1. The van der Waals surface area contributed by atoms with E-state index in [-0.39, 0.29) is 12.1 Å². The van der Waals surface area contributed by atoms with Crippen LogP contribution in [0.15, 0.2) is 49.0 Å². The molecule has 1 unspecified atom stereocenters. The monoisotopic (exact) mass is 478 g/mol. The van der Waals surface area contributed by atoms with Gasteiger partial charge in [0.2, 0.25) is 11.9 Å². The van der Waals surface area contributed by atoms with Crippen molar-refractivity contribution in [2.24, 2.45) is 0 Å². The average molecular weight is 479 g/mol. The number of allylic oxidation sites excluding steroid dienone is 2. The number of nitrogens with zero attached hydrogens (tertiary/aromatic N) is 4.